The summed E-state index contributed by atoms with van der Waals surface area (Å²) < 4.78 is 0. The molecule has 3 aromatic rings. The lowest BCUT2D eigenvalue weighted by Gasteiger charge is -2.10. The summed E-state index contributed by atoms with van der Waals surface area (Å²) in [6.45, 7) is 3.64. The summed E-state index contributed by atoms with van der Waals surface area (Å²) >= 11 is 0. The number of para-hydroxylation sites is 1. The maximum atomic E-state index is 11.3. The molecule has 0 saturated carbocycles. The summed E-state index contributed by atoms with van der Waals surface area (Å²) in [7, 11) is 0. The van der Waals surface area contributed by atoms with Crippen LogP contribution in [0, 0.1) is 0 Å². The Kier molecular flexibility index (Phi) is 4.99. The third kappa shape index (κ3) is 4.17. The van der Waals surface area contributed by atoms with Crippen LogP contribution in [0.5, 0.6) is 0 Å². The summed E-state index contributed by atoms with van der Waals surface area (Å²) in [6, 6.07) is 15.2. The van der Waals surface area contributed by atoms with Crippen LogP contribution in [0.15, 0.2) is 54.7 Å². The van der Waals surface area contributed by atoms with Gasteiger partial charge in [0.2, 0.25) is 5.95 Å². The van der Waals surface area contributed by atoms with Gasteiger partial charge in [-0.1, -0.05) is 25.1 Å². The number of carbonyl (C=O) groups excluding carboxylic acids is 1. The van der Waals surface area contributed by atoms with Gasteiger partial charge in [-0.05, 0) is 49.2 Å². The van der Waals surface area contributed by atoms with Gasteiger partial charge in [-0.2, -0.15) is 10.1 Å². The van der Waals surface area contributed by atoms with E-state index >= 15 is 0 Å². The molecule has 0 aliphatic rings. The van der Waals surface area contributed by atoms with Crippen molar-refractivity contribution in [1.82, 2.24) is 15.2 Å². The molecule has 0 spiro atoms. The van der Waals surface area contributed by atoms with Gasteiger partial charge in [0.25, 0.3) is 0 Å². The van der Waals surface area contributed by atoms with E-state index in [0.717, 1.165) is 17.8 Å². The number of hydrogen-bond donors (Lipinski definition) is 2. The number of hydrogen-bond acceptors (Lipinski definition) is 6. The number of anilines is 4. The van der Waals surface area contributed by atoms with Gasteiger partial charge in [0.1, 0.15) is 0 Å². The van der Waals surface area contributed by atoms with E-state index < -0.39 is 0 Å². The number of ketones is 1. The number of rotatable bonds is 6. The quantitative estimate of drug-likeness (QED) is 0.660. The Morgan fingerprint density at radius 2 is 1.80 bits per heavy atom. The second-order valence-electron chi connectivity index (χ2n) is 5.56. The molecular weight excluding hydrogens is 314 g/mol. The summed E-state index contributed by atoms with van der Waals surface area (Å²) in [4.78, 5) is 15.8. The molecule has 2 aromatic carbocycles. The Morgan fingerprint density at radius 3 is 2.52 bits per heavy atom. The van der Waals surface area contributed by atoms with Crippen molar-refractivity contribution >= 4 is 28.9 Å². The van der Waals surface area contributed by atoms with E-state index in [9.17, 15) is 4.79 Å². The summed E-state index contributed by atoms with van der Waals surface area (Å²) in [5, 5.41) is 14.4. The van der Waals surface area contributed by atoms with Crippen molar-refractivity contribution in [2.75, 3.05) is 10.6 Å². The molecule has 2 N–H and O–H groups in total. The first-order chi connectivity index (χ1) is 12.2. The smallest absolute Gasteiger partial charge is 0.249 e. The molecule has 0 amide bonds. The highest BCUT2D eigenvalue weighted by Crippen LogP contribution is 2.20. The van der Waals surface area contributed by atoms with Gasteiger partial charge in [0.15, 0.2) is 11.6 Å². The molecule has 0 bridgehead atoms. The maximum Gasteiger partial charge on any atom is 0.249 e. The molecule has 1 aromatic heterocycles. The average molecular weight is 333 g/mol. The molecule has 6 nitrogen and oxygen atoms in total. The fraction of sp³-hybridized carbons (Fsp3) is 0.158. The molecule has 0 saturated heterocycles. The van der Waals surface area contributed by atoms with Gasteiger partial charge < -0.3 is 10.6 Å². The largest absolute Gasteiger partial charge is 0.339 e. The van der Waals surface area contributed by atoms with E-state index in [2.05, 4.69) is 38.8 Å². The lowest BCUT2D eigenvalue weighted by Crippen LogP contribution is -2.04. The van der Waals surface area contributed by atoms with Crippen molar-refractivity contribution in [3.05, 3.63) is 65.9 Å². The van der Waals surface area contributed by atoms with Crippen LogP contribution in [0.4, 0.5) is 23.1 Å². The molecular formula is C19H19N5O. The fourth-order valence-corrected chi connectivity index (χ4v) is 2.42. The number of aromatic nitrogens is 3. The van der Waals surface area contributed by atoms with Crippen LogP contribution in [-0.4, -0.2) is 21.0 Å². The summed E-state index contributed by atoms with van der Waals surface area (Å²) in [6.07, 6.45) is 2.47. The van der Waals surface area contributed by atoms with Crippen molar-refractivity contribution in [2.45, 2.75) is 20.3 Å². The monoisotopic (exact) mass is 333 g/mol. The molecule has 3 rings (SSSR count). The van der Waals surface area contributed by atoms with Crippen LogP contribution >= 0.6 is 0 Å². The second kappa shape index (κ2) is 7.53. The van der Waals surface area contributed by atoms with Crippen LogP contribution in [0.3, 0.4) is 0 Å². The standard InChI is InChI=1S/C19H19N5O/c1-3-14-6-4-5-7-17(14)22-19-23-18(12-20-24-19)21-16-10-8-15(9-11-16)13(2)25/h4-12H,3H2,1-2H3,(H2,21,22,23,24). The van der Waals surface area contributed by atoms with Gasteiger partial charge in [0.05, 0.1) is 6.20 Å². The average Bonchev–Trinajstić information content (AvgIpc) is 2.63. The second-order valence-corrected chi connectivity index (χ2v) is 5.56. The number of aryl methyl sites for hydroxylation is 1. The Balaban J connectivity index is 1.76. The molecule has 0 atom stereocenters. The zero-order chi connectivity index (χ0) is 17.6. The van der Waals surface area contributed by atoms with Crippen molar-refractivity contribution in [2.24, 2.45) is 0 Å². The first kappa shape index (κ1) is 16.6. The molecule has 1 heterocycles. The number of carbonyl (C=O) groups is 1. The van der Waals surface area contributed by atoms with Gasteiger partial charge in [0, 0.05) is 16.9 Å². The molecule has 0 fully saturated rings. The van der Waals surface area contributed by atoms with Gasteiger partial charge in [-0.15, -0.1) is 5.10 Å². The minimum Gasteiger partial charge on any atom is -0.339 e. The Hall–Kier alpha value is -3.28. The summed E-state index contributed by atoms with van der Waals surface area (Å²) in [5.41, 5.74) is 3.65. The molecule has 6 heteroatoms. The number of nitrogens with one attached hydrogen (secondary N) is 2. The van der Waals surface area contributed by atoms with E-state index in [1.807, 2.05) is 30.3 Å². The Morgan fingerprint density at radius 1 is 1.04 bits per heavy atom. The molecule has 126 valence electrons. The highest BCUT2D eigenvalue weighted by Gasteiger charge is 2.05. The Labute approximate surface area is 146 Å². The van der Waals surface area contributed by atoms with Gasteiger partial charge in [-0.3, -0.25) is 4.79 Å². The highest BCUT2D eigenvalue weighted by molar-refractivity contribution is 5.94. The molecule has 0 aliphatic heterocycles. The number of Topliss-reactive ketones (excluding diaryl/α,β-unsaturated/α-hetero) is 1. The summed E-state index contributed by atoms with van der Waals surface area (Å²) in [5.74, 6) is 1.03. The Bertz CT molecular complexity index is 877. The predicted molar refractivity (Wildman–Crippen MR) is 98.7 cm³/mol. The normalized spacial score (nSPS) is 10.3. The SMILES string of the molecule is CCc1ccccc1Nc1nncc(Nc2ccc(C(C)=O)cc2)n1. The number of benzene rings is 2. The molecule has 0 unspecified atom stereocenters. The third-order valence-corrected chi connectivity index (χ3v) is 3.77. The molecule has 25 heavy (non-hydrogen) atoms. The zero-order valence-corrected chi connectivity index (χ0v) is 14.2. The van der Waals surface area contributed by atoms with Crippen molar-refractivity contribution < 1.29 is 4.79 Å². The van der Waals surface area contributed by atoms with Gasteiger partial charge in [-0.25, -0.2) is 0 Å². The third-order valence-electron chi connectivity index (χ3n) is 3.77. The highest BCUT2D eigenvalue weighted by atomic mass is 16.1. The van der Waals surface area contributed by atoms with Crippen LogP contribution in [0.2, 0.25) is 0 Å². The maximum absolute atomic E-state index is 11.3. The first-order valence-electron chi connectivity index (χ1n) is 8.08. The predicted octanol–water partition coefficient (Wildman–Crippen LogP) is 4.12. The van der Waals surface area contributed by atoms with Crippen molar-refractivity contribution in [3.8, 4) is 0 Å². The fourth-order valence-electron chi connectivity index (χ4n) is 2.42. The number of nitrogens with zero attached hydrogens (tertiary/aromatic N) is 3. The van der Waals surface area contributed by atoms with E-state index in [0.29, 0.717) is 17.3 Å². The van der Waals surface area contributed by atoms with Crippen LogP contribution in [-0.2, 0) is 6.42 Å². The topological polar surface area (TPSA) is 79.8 Å². The molecule has 0 aliphatic carbocycles. The van der Waals surface area contributed by atoms with E-state index in [-0.39, 0.29) is 5.78 Å². The van der Waals surface area contributed by atoms with Crippen LogP contribution < -0.4 is 10.6 Å². The minimum atomic E-state index is 0.0383. The first-order valence-corrected chi connectivity index (χ1v) is 8.08. The zero-order valence-electron chi connectivity index (χ0n) is 14.2. The van der Waals surface area contributed by atoms with Crippen molar-refractivity contribution in [3.63, 3.8) is 0 Å². The van der Waals surface area contributed by atoms with Crippen molar-refractivity contribution in [1.29, 1.82) is 0 Å². The lowest BCUT2D eigenvalue weighted by molar-refractivity contribution is 0.101. The van der Waals surface area contributed by atoms with Gasteiger partial charge >= 0.3 is 0 Å². The lowest BCUT2D eigenvalue weighted by atomic mass is 10.1. The van der Waals surface area contributed by atoms with Crippen LogP contribution in [0.25, 0.3) is 0 Å². The molecule has 0 radical (unpaired) electrons. The van der Waals surface area contributed by atoms with Crippen LogP contribution in [0.1, 0.15) is 29.8 Å². The minimum absolute atomic E-state index is 0.0383. The van der Waals surface area contributed by atoms with E-state index in [4.69, 9.17) is 0 Å². The van der Waals surface area contributed by atoms with E-state index in [1.54, 1.807) is 25.3 Å². The van der Waals surface area contributed by atoms with E-state index in [1.165, 1.54) is 5.56 Å².